The lowest BCUT2D eigenvalue weighted by Gasteiger charge is -2.22. The highest BCUT2D eigenvalue weighted by atomic mass is 16.4. The molecule has 102 valence electrons. The van der Waals surface area contributed by atoms with Gasteiger partial charge in [-0.15, -0.1) is 0 Å². The average Bonchev–Trinajstić information content (AvgIpc) is 2.44. The number of nitrogens with zero attached hydrogens (tertiary/aromatic N) is 2. The van der Waals surface area contributed by atoms with Gasteiger partial charge in [0.25, 0.3) is 0 Å². The predicted octanol–water partition coefficient (Wildman–Crippen LogP) is 2.97. The minimum absolute atomic E-state index is 0.154. The third-order valence-electron chi connectivity index (χ3n) is 2.63. The van der Waals surface area contributed by atoms with Gasteiger partial charge in [-0.1, -0.05) is 34.6 Å². The van der Waals surface area contributed by atoms with Gasteiger partial charge in [-0.25, -0.2) is 0 Å². The number of aliphatic carboxylic acids is 1. The average molecular weight is 252 g/mol. The molecule has 0 saturated heterocycles. The van der Waals surface area contributed by atoms with Crippen molar-refractivity contribution in [3.63, 3.8) is 0 Å². The number of carbonyl (C=O) groups is 1. The van der Waals surface area contributed by atoms with E-state index in [4.69, 9.17) is 5.11 Å². The Labute approximate surface area is 109 Å². The molecule has 0 aromatic carbocycles. The summed E-state index contributed by atoms with van der Waals surface area (Å²) in [5.74, 6) is -0.762. The summed E-state index contributed by atoms with van der Waals surface area (Å²) in [5.41, 5.74) is 1.00. The van der Waals surface area contributed by atoms with Gasteiger partial charge in [-0.05, 0) is 23.3 Å². The van der Waals surface area contributed by atoms with Crippen LogP contribution in [0.25, 0.3) is 0 Å². The number of hydrogen-bond donors (Lipinski definition) is 1. The molecule has 18 heavy (non-hydrogen) atoms. The second kappa shape index (κ2) is 5.12. The van der Waals surface area contributed by atoms with E-state index in [9.17, 15) is 4.79 Å². The predicted molar refractivity (Wildman–Crippen MR) is 71.4 cm³/mol. The maximum atomic E-state index is 10.8. The maximum absolute atomic E-state index is 10.8. The Hall–Kier alpha value is -1.32. The van der Waals surface area contributed by atoms with Crippen molar-refractivity contribution >= 4 is 5.97 Å². The van der Waals surface area contributed by atoms with Crippen molar-refractivity contribution in [3.05, 3.63) is 18.0 Å². The molecule has 0 aliphatic rings. The summed E-state index contributed by atoms with van der Waals surface area (Å²) in [6.07, 6.45) is 3.02. The van der Waals surface area contributed by atoms with Gasteiger partial charge in [-0.2, -0.15) is 5.10 Å². The zero-order valence-corrected chi connectivity index (χ0v) is 12.0. The summed E-state index contributed by atoms with van der Waals surface area (Å²) in [6, 6.07) is 2.02. The van der Waals surface area contributed by atoms with E-state index in [1.807, 2.05) is 30.8 Å². The van der Waals surface area contributed by atoms with Crippen LogP contribution in [-0.4, -0.2) is 20.9 Å². The Morgan fingerprint density at radius 2 is 1.94 bits per heavy atom. The summed E-state index contributed by atoms with van der Waals surface area (Å²) in [6.45, 7) is 11.1. The number of carboxylic acid groups (broad SMARTS) is 1. The number of rotatable bonds is 5. The lowest BCUT2D eigenvalue weighted by molar-refractivity contribution is -0.139. The molecule has 1 rings (SSSR count). The van der Waals surface area contributed by atoms with E-state index in [-0.39, 0.29) is 17.3 Å². The van der Waals surface area contributed by atoms with Crippen LogP contribution < -0.4 is 0 Å². The quantitative estimate of drug-likeness (QED) is 0.876. The SMILES string of the molecule is CC(C)(C)Cc1ccn(CC(C)(C)CC(=O)O)n1. The molecular formula is C14H24N2O2. The number of carboxylic acids is 1. The van der Waals surface area contributed by atoms with E-state index in [1.54, 1.807) is 0 Å². The highest BCUT2D eigenvalue weighted by Gasteiger charge is 2.23. The van der Waals surface area contributed by atoms with E-state index in [0.717, 1.165) is 12.1 Å². The normalized spacial score (nSPS) is 12.7. The van der Waals surface area contributed by atoms with Gasteiger partial charge in [0.05, 0.1) is 12.1 Å². The molecule has 0 aliphatic carbocycles. The first-order valence-corrected chi connectivity index (χ1v) is 6.32. The summed E-state index contributed by atoms with van der Waals surface area (Å²) in [7, 11) is 0. The van der Waals surface area contributed by atoms with Gasteiger partial charge in [-0.3, -0.25) is 9.48 Å². The second-order valence-electron chi connectivity index (χ2n) is 6.98. The van der Waals surface area contributed by atoms with Gasteiger partial charge in [0.1, 0.15) is 0 Å². The molecule has 0 radical (unpaired) electrons. The Kier molecular flexibility index (Phi) is 4.20. The molecule has 0 fully saturated rings. The third kappa shape index (κ3) is 5.34. The third-order valence-corrected chi connectivity index (χ3v) is 2.63. The molecule has 1 aromatic rings. The first-order valence-electron chi connectivity index (χ1n) is 6.32. The lowest BCUT2D eigenvalue weighted by Crippen LogP contribution is -2.23. The van der Waals surface area contributed by atoms with Crippen LogP contribution in [0.5, 0.6) is 0 Å². The standard InChI is InChI=1S/C14H24N2O2/c1-13(2,3)8-11-6-7-16(15-11)10-14(4,5)9-12(17)18/h6-7H,8-10H2,1-5H3,(H,17,18). The zero-order chi connectivity index (χ0) is 14.0. The molecule has 4 nitrogen and oxygen atoms in total. The van der Waals surface area contributed by atoms with Crippen LogP contribution in [0.15, 0.2) is 12.3 Å². The molecule has 1 heterocycles. The summed E-state index contributed by atoms with van der Waals surface area (Å²) in [5, 5.41) is 13.4. The van der Waals surface area contributed by atoms with Crippen LogP contribution in [0.4, 0.5) is 0 Å². The Morgan fingerprint density at radius 1 is 1.33 bits per heavy atom. The van der Waals surface area contributed by atoms with Gasteiger partial charge in [0, 0.05) is 12.7 Å². The Bertz CT molecular complexity index is 414. The fourth-order valence-electron chi connectivity index (χ4n) is 2.03. The summed E-state index contributed by atoms with van der Waals surface area (Å²) >= 11 is 0. The molecule has 4 heteroatoms. The smallest absolute Gasteiger partial charge is 0.303 e. The molecular weight excluding hydrogens is 228 g/mol. The van der Waals surface area contributed by atoms with Crippen molar-refractivity contribution in [2.75, 3.05) is 0 Å². The maximum Gasteiger partial charge on any atom is 0.303 e. The van der Waals surface area contributed by atoms with E-state index in [2.05, 4.69) is 25.9 Å². The molecule has 0 atom stereocenters. The molecule has 0 amide bonds. The van der Waals surface area contributed by atoms with E-state index < -0.39 is 5.97 Å². The fraction of sp³-hybridized carbons (Fsp3) is 0.714. The first kappa shape index (κ1) is 14.7. The van der Waals surface area contributed by atoms with E-state index in [1.165, 1.54) is 0 Å². The van der Waals surface area contributed by atoms with Crippen molar-refractivity contribution in [2.45, 2.75) is 54.0 Å². The lowest BCUT2D eigenvalue weighted by atomic mass is 9.89. The van der Waals surface area contributed by atoms with Crippen molar-refractivity contribution < 1.29 is 9.90 Å². The van der Waals surface area contributed by atoms with Crippen LogP contribution in [0.3, 0.4) is 0 Å². The molecule has 0 bridgehead atoms. The summed E-state index contributed by atoms with van der Waals surface area (Å²) in [4.78, 5) is 10.8. The van der Waals surface area contributed by atoms with Crippen LogP contribution in [-0.2, 0) is 17.8 Å². The minimum Gasteiger partial charge on any atom is -0.481 e. The van der Waals surface area contributed by atoms with Gasteiger partial charge in [0.2, 0.25) is 0 Å². The molecule has 0 spiro atoms. The van der Waals surface area contributed by atoms with Crippen LogP contribution in [0.2, 0.25) is 0 Å². The van der Waals surface area contributed by atoms with Gasteiger partial charge >= 0.3 is 5.97 Å². The Balaban J connectivity index is 2.66. The van der Waals surface area contributed by atoms with Gasteiger partial charge in [0.15, 0.2) is 0 Å². The van der Waals surface area contributed by atoms with Gasteiger partial charge < -0.3 is 5.11 Å². The number of hydrogen-bond acceptors (Lipinski definition) is 2. The molecule has 1 N–H and O–H groups in total. The van der Waals surface area contributed by atoms with Crippen LogP contribution in [0.1, 0.15) is 46.7 Å². The highest BCUT2D eigenvalue weighted by Crippen LogP contribution is 2.24. The van der Waals surface area contributed by atoms with Crippen molar-refractivity contribution in [2.24, 2.45) is 10.8 Å². The molecule has 1 aromatic heterocycles. The van der Waals surface area contributed by atoms with Crippen LogP contribution in [0, 0.1) is 10.8 Å². The monoisotopic (exact) mass is 252 g/mol. The van der Waals surface area contributed by atoms with Crippen molar-refractivity contribution in [1.29, 1.82) is 0 Å². The molecule has 0 saturated carbocycles. The van der Waals surface area contributed by atoms with E-state index >= 15 is 0 Å². The topological polar surface area (TPSA) is 55.1 Å². The fourth-order valence-corrected chi connectivity index (χ4v) is 2.03. The first-order chi connectivity index (χ1) is 8.07. The highest BCUT2D eigenvalue weighted by molar-refractivity contribution is 5.67. The number of aromatic nitrogens is 2. The van der Waals surface area contributed by atoms with Crippen LogP contribution >= 0.6 is 0 Å². The largest absolute Gasteiger partial charge is 0.481 e. The zero-order valence-electron chi connectivity index (χ0n) is 12.0. The van der Waals surface area contributed by atoms with Crippen molar-refractivity contribution in [1.82, 2.24) is 9.78 Å². The molecule has 0 aliphatic heterocycles. The Morgan fingerprint density at radius 3 is 2.44 bits per heavy atom. The molecule has 0 unspecified atom stereocenters. The minimum atomic E-state index is -0.762. The summed E-state index contributed by atoms with van der Waals surface area (Å²) < 4.78 is 1.85. The van der Waals surface area contributed by atoms with Crippen molar-refractivity contribution in [3.8, 4) is 0 Å². The van der Waals surface area contributed by atoms with E-state index in [0.29, 0.717) is 6.54 Å². The second-order valence-corrected chi connectivity index (χ2v) is 6.98.